The number of nitrogens with zero attached hydrogens (tertiary/aromatic N) is 2. The van der Waals surface area contributed by atoms with E-state index in [1.54, 1.807) is 0 Å². The van der Waals surface area contributed by atoms with Crippen LogP contribution in [0.5, 0.6) is 0 Å². The van der Waals surface area contributed by atoms with E-state index in [0.29, 0.717) is 19.5 Å². The van der Waals surface area contributed by atoms with Crippen LogP contribution in [0, 0.1) is 0 Å². The number of aromatic nitrogens is 2. The van der Waals surface area contributed by atoms with Crippen LogP contribution in [0.4, 0.5) is 5.69 Å². The Hall–Kier alpha value is -3.45. The minimum Gasteiger partial charge on any atom is -0.396 e. The Labute approximate surface area is 174 Å². The summed E-state index contributed by atoms with van der Waals surface area (Å²) >= 11 is 0. The van der Waals surface area contributed by atoms with E-state index in [4.69, 9.17) is 0 Å². The van der Waals surface area contributed by atoms with Crippen LogP contribution in [0.2, 0.25) is 0 Å². The highest BCUT2D eigenvalue weighted by Crippen LogP contribution is 2.33. The van der Waals surface area contributed by atoms with Crippen molar-refractivity contribution >= 4 is 17.5 Å². The number of aromatic amines is 1. The van der Waals surface area contributed by atoms with Gasteiger partial charge in [-0.05, 0) is 24.1 Å². The van der Waals surface area contributed by atoms with Crippen LogP contribution in [0.1, 0.15) is 36.1 Å². The molecule has 1 aromatic heterocycles. The van der Waals surface area contributed by atoms with Crippen LogP contribution in [-0.4, -0.2) is 38.6 Å². The van der Waals surface area contributed by atoms with Crippen molar-refractivity contribution in [2.24, 2.45) is 0 Å². The van der Waals surface area contributed by atoms with E-state index in [1.807, 2.05) is 59.5 Å². The number of rotatable bonds is 6. The van der Waals surface area contributed by atoms with E-state index >= 15 is 0 Å². The minimum absolute atomic E-state index is 0.00630. The monoisotopic (exact) mass is 404 g/mol. The summed E-state index contributed by atoms with van der Waals surface area (Å²) < 4.78 is 0. The number of carbonyl (C=O) groups excluding carboxylic acids is 2. The first-order chi connectivity index (χ1) is 14.6. The Kier molecular flexibility index (Phi) is 5.63. The van der Waals surface area contributed by atoms with Gasteiger partial charge in [-0.25, -0.2) is 0 Å². The van der Waals surface area contributed by atoms with Crippen LogP contribution in [0.15, 0.2) is 54.6 Å². The second-order valence-corrected chi connectivity index (χ2v) is 7.46. The Morgan fingerprint density at radius 2 is 1.87 bits per heavy atom. The highest BCUT2D eigenvalue weighted by molar-refractivity contribution is 5.89. The summed E-state index contributed by atoms with van der Waals surface area (Å²) in [4.78, 5) is 26.3. The van der Waals surface area contributed by atoms with Gasteiger partial charge in [-0.3, -0.25) is 14.7 Å². The number of aliphatic hydroxyl groups is 1. The number of benzene rings is 2. The van der Waals surface area contributed by atoms with Crippen LogP contribution in [0.25, 0.3) is 11.3 Å². The van der Waals surface area contributed by atoms with Crippen molar-refractivity contribution in [3.8, 4) is 11.3 Å². The lowest BCUT2D eigenvalue weighted by molar-refractivity contribution is -0.133. The predicted octanol–water partition coefficient (Wildman–Crippen LogP) is 3.04. The number of anilines is 1. The summed E-state index contributed by atoms with van der Waals surface area (Å²) in [7, 11) is 0. The van der Waals surface area contributed by atoms with Crippen molar-refractivity contribution in [3.63, 3.8) is 0 Å². The molecule has 0 radical (unpaired) electrons. The van der Waals surface area contributed by atoms with E-state index in [-0.39, 0.29) is 24.3 Å². The molecule has 7 heteroatoms. The quantitative estimate of drug-likeness (QED) is 0.588. The minimum atomic E-state index is -0.367. The molecule has 0 saturated heterocycles. The van der Waals surface area contributed by atoms with Gasteiger partial charge in [0.15, 0.2) is 0 Å². The fraction of sp³-hybridized carbons (Fsp3) is 0.261. The molecular weight excluding hydrogens is 380 g/mol. The molecule has 3 aromatic rings. The molecule has 4 rings (SSSR count). The number of carbonyl (C=O) groups is 2. The van der Waals surface area contributed by atoms with Gasteiger partial charge in [-0.1, -0.05) is 42.5 Å². The Bertz CT molecular complexity index is 1040. The van der Waals surface area contributed by atoms with Crippen molar-refractivity contribution in [1.82, 2.24) is 15.1 Å². The molecule has 2 amide bonds. The third kappa shape index (κ3) is 3.97. The maximum atomic E-state index is 13.2. The molecule has 2 heterocycles. The highest BCUT2D eigenvalue weighted by Gasteiger charge is 2.32. The van der Waals surface area contributed by atoms with Gasteiger partial charge in [0.2, 0.25) is 11.8 Å². The van der Waals surface area contributed by atoms with Gasteiger partial charge < -0.3 is 15.3 Å². The van der Waals surface area contributed by atoms with Gasteiger partial charge in [-0.15, -0.1) is 0 Å². The third-order valence-electron chi connectivity index (χ3n) is 5.36. The molecule has 154 valence electrons. The number of hydrogen-bond donors (Lipinski definition) is 3. The van der Waals surface area contributed by atoms with E-state index in [0.717, 1.165) is 33.8 Å². The second kappa shape index (κ2) is 8.51. The summed E-state index contributed by atoms with van der Waals surface area (Å²) in [5.74, 6) is -0.478. The lowest BCUT2D eigenvalue weighted by atomic mass is 9.94. The standard InChI is InChI=1S/C23H24N4O3/c1-15(29)24-18-9-7-17(8-10-18)22-20-13-27(14-21(20)25-26-22)23(30)19(11-12-28)16-5-3-2-4-6-16/h2-10,19,28H,11-14H2,1H3,(H,24,29)(H,25,26). The first-order valence-electron chi connectivity index (χ1n) is 9.95. The molecule has 1 atom stereocenters. The van der Waals surface area contributed by atoms with E-state index in [1.165, 1.54) is 6.92 Å². The Morgan fingerprint density at radius 3 is 2.53 bits per heavy atom. The van der Waals surface area contributed by atoms with E-state index in [9.17, 15) is 14.7 Å². The SMILES string of the molecule is CC(=O)Nc1ccc(-c2n[nH]c3c2CN(C(=O)C(CCO)c2ccccc2)C3)cc1. The zero-order valence-corrected chi connectivity index (χ0v) is 16.8. The average molecular weight is 404 g/mol. The number of H-pyrrole nitrogens is 1. The van der Waals surface area contributed by atoms with Gasteiger partial charge in [-0.2, -0.15) is 5.10 Å². The zero-order chi connectivity index (χ0) is 21.1. The van der Waals surface area contributed by atoms with Crippen LogP contribution >= 0.6 is 0 Å². The van der Waals surface area contributed by atoms with Gasteiger partial charge in [0.05, 0.1) is 30.4 Å². The number of fused-ring (bicyclic) bond motifs is 1. The summed E-state index contributed by atoms with van der Waals surface area (Å²) in [6.45, 7) is 2.37. The van der Waals surface area contributed by atoms with Gasteiger partial charge in [0.25, 0.3) is 0 Å². The van der Waals surface area contributed by atoms with E-state index in [2.05, 4.69) is 15.5 Å². The zero-order valence-electron chi connectivity index (χ0n) is 16.8. The van der Waals surface area contributed by atoms with Gasteiger partial charge >= 0.3 is 0 Å². The maximum Gasteiger partial charge on any atom is 0.230 e. The topological polar surface area (TPSA) is 98.3 Å². The second-order valence-electron chi connectivity index (χ2n) is 7.46. The fourth-order valence-electron chi connectivity index (χ4n) is 3.92. The Balaban J connectivity index is 1.53. The van der Waals surface area contributed by atoms with Crippen molar-refractivity contribution in [2.45, 2.75) is 32.4 Å². The summed E-state index contributed by atoms with van der Waals surface area (Å²) in [6, 6.07) is 17.1. The van der Waals surface area contributed by atoms with Crippen molar-refractivity contribution in [3.05, 3.63) is 71.4 Å². The molecule has 1 aliphatic rings. The van der Waals surface area contributed by atoms with Gasteiger partial charge in [0, 0.05) is 30.3 Å². The first-order valence-corrected chi connectivity index (χ1v) is 9.95. The average Bonchev–Trinajstić information content (AvgIpc) is 3.33. The molecule has 30 heavy (non-hydrogen) atoms. The molecule has 1 aliphatic heterocycles. The molecule has 0 spiro atoms. The number of hydrogen-bond acceptors (Lipinski definition) is 4. The molecule has 0 bridgehead atoms. The first kappa shape index (κ1) is 19.8. The maximum absolute atomic E-state index is 13.2. The number of amides is 2. The van der Waals surface area contributed by atoms with Crippen molar-refractivity contribution < 1.29 is 14.7 Å². The number of aliphatic hydroxyl groups excluding tert-OH is 1. The molecule has 0 aliphatic carbocycles. The summed E-state index contributed by atoms with van der Waals surface area (Å²) in [5, 5.41) is 19.7. The summed E-state index contributed by atoms with van der Waals surface area (Å²) in [5.41, 5.74) is 5.31. The molecule has 2 aromatic carbocycles. The van der Waals surface area contributed by atoms with Crippen molar-refractivity contribution in [1.29, 1.82) is 0 Å². The highest BCUT2D eigenvalue weighted by atomic mass is 16.3. The van der Waals surface area contributed by atoms with Crippen LogP contribution in [0.3, 0.4) is 0 Å². The molecular formula is C23H24N4O3. The molecule has 7 nitrogen and oxygen atoms in total. The lowest BCUT2D eigenvalue weighted by Crippen LogP contribution is -2.31. The predicted molar refractivity (Wildman–Crippen MR) is 113 cm³/mol. The van der Waals surface area contributed by atoms with Gasteiger partial charge in [0.1, 0.15) is 0 Å². The van der Waals surface area contributed by atoms with Crippen molar-refractivity contribution in [2.75, 3.05) is 11.9 Å². The molecule has 0 fully saturated rings. The fourth-order valence-corrected chi connectivity index (χ4v) is 3.92. The molecule has 1 unspecified atom stereocenters. The Morgan fingerprint density at radius 1 is 1.13 bits per heavy atom. The largest absolute Gasteiger partial charge is 0.396 e. The number of nitrogens with one attached hydrogen (secondary N) is 2. The normalized spacial score (nSPS) is 13.7. The lowest BCUT2D eigenvalue weighted by Gasteiger charge is -2.23. The third-order valence-corrected chi connectivity index (χ3v) is 5.36. The summed E-state index contributed by atoms with van der Waals surface area (Å²) in [6.07, 6.45) is 0.392. The smallest absolute Gasteiger partial charge is 0.230 e. The van der Waals surface area contributed by atoms with Crippen LogP contribution < -0.4 is 5.32 Å². The van der Waals surface area contributed by atoms with E-state index < -0.39 is 0 Å². The molecule has 3 N–H and O–H groups in total. The van der Waals surface area contributed by atoms with Crippen LogP contribution in [-0.2, 0) is 22.7 Å². The molecule has 0 saturated carbocycles.